The highest BCUT2D eigenvalue weighted by molar-refractivity contribution is 4.85. The van der Waals surface area contributed by atoms with Crippen LogP contribution in [0.3, 0.4) is 0 Å². The third-order valence-electron chi connectivity index (χ3n) is 2.41. The van der Waals surface area contributed by atoms with E-state index in [1.807, 2.05) is 14.0 Å². The minimum absolute atomic E-state index is 0.0617. The van der Waals surface area contributed by atoms with Gasteiger partial charge in [0.15, 0.2) is 0 Å². The van der Waals surface area contributed by atoms with Gasteiger partial charge in [-0.25, -0.2) is 0 Å². The Kier molecular flexibility index (Phi) is 5.57. The van der Waals surface area contributed by atoms with Crippen molar-refractivity contribution < 1.29 is 4.74 Å². The van der Waals surface area contributed by atoms with Crippen LogP contribution in [-0.2, 0) is 4.74 Å². The first kappa shape index (κ1) is 12.9. The fraction of sp³-hybridized carbons (Fsp3) is 1.00. The molecule has 1 unspecified atom stereocenters. The van der Waals surface area contributed by atoms with Crippen LogP contribution in [0.4, 0.5) is 0 Å². The summed E-state index contributed by atoms with van der Waals surface area (Å²) in [6, 6.07) is 0.437. The molecule has 80 valence electrons. The summed E-state index contributed by atoms with van der Waals surface area (Å²) in [6.45, 7) is 11.6. The molecule has 2 nitrogen and oxygen atoms in total. The number of hydrogen-bond acceptors (Lipinski definition) is 2. The molecule has 2 heteroatoms. The lowest BCUT2D eigenvalue weighted by Crippen LogP contribution is -2.47. The summed E-state index contributed by atoms with van der Waals surface area (Å²) in [5, 5.41) is 3.33. The largest absolute Gasteiger partial charge is 0.374 e. The van der Waals surface area contributed by atoms with Gasteiger partial charge in [-0.1, -0.05) is 13.8 Å². The van der Waals surface area contributed by atoms with E-state index in [0.29, 0.717) is 12.0 Å². The minimum atomic E-state index is -0.0617. The predicted octanol–water partition coefficient (Wildman–Crippen LogP) is 2.44. The molecule has 0 fully saturated rings. The second-order valence-electron chi connectivity index (χ2n) is 4.51. The standard InChI is InChI=1S/C11H25NO/c1-7-13-11(4,5)10(12-6)8-9(2)3/h9-10,12H,7-8H2,1-6H3. The van der Waals surface area contributed by atoms with Crippen molar-refractivity contribution in [1.29, 1.82) is 0 Å². The van der Waals surface area contributed by atoms with Gasteiger partial charge in [0.1, 0.15) is 0 Å². The molecule has 0 saturated heterocycles. The van der Waals surface area contributed by atoms with Crippen molar-refractivity contribution in [2.75, 3.05) is 13.7 Å². The number of ether oxygens (including phenoxy) is 1. The molecule has 0 aromatic rings. The summed E-state index contributed by atoms with van der Waals surface area (Å²) in [5.74, 6) is 0.706. The van der Waals surface area contributed by atoms with Gasteiger partial charge in [-0.05, 0) is 40.2 Å². The maximum Gasteiger partial charge on any atom is 0.0778 e. The van der Waals surface area contributed by atoms with E-state index < -0.39 is 0 Å². The smallest absolute Gasteiger partial charge is 0.0778 e. The molecule has 1 atom stereocenters. The minimum Gasteiger partial charge on any atom is -0.374 e. The van der Waals surface area contributed by atoms with Gasteiger partial charge in [-0.3, -0.25) is 0 Å². The predicted molar refractivity (Wildman–Crippen MR) is 58.0 cm³/mol. The van der Waals surface area contributed by atoms with E-state index in [0.717, 1.165) is 13.0 Å². The zero-order chi connectivity index (χ0) is 10.5. The van der Waals surface area contributed by atoms with E-state index in [4.69, 9.17) is 4.74 Å². The summed E-state index contributed by atoms with van der Waals surface area (Å²) >= 11 is 0. The lowest BCUT2D eigenvalue weighted by molar-refractivity contribution is -0.0409. The highest BCUT2D eigenvalue weighted by Crippen LogP contribution is 2.20. The Hall–Kier alpha value is -0.0800. The van der Waals surface area contributed by atoms with Crippen LogP contribution in [0.2, 0.25) is 0 Å². The van der Waals surface area contributed by atoms with Gasteiger partial charge in [-0.15, -0.1) is 0 Å². The molecule has 0 aromatic heterocycles. The van der Waals surface area contributed by atoms with Crippen molar-refractivity contribution in [3.05, 3.63) is 0 Å². The van der Waals surface area contributed by atoms with Gasteiger partial charge in [0.25, 0.3) is 0 Å². The Labute approximate surface area is 83.1 Å². The number of nitrogens with one attached hydrogen (secondary N) is 1. The van der Waals surface area contributed by atoms with Gasteiger partial charge < -0.3 is 10.1 Å². The molecule has 0 heterocycles. The average molecular weight is 187 g/mol. The Morgan fingerprint density at radius 3 is 2.15 bits per heavy atom. The summed E-state index contributed by atoms with van der Waals surface area (Å²) < 4.78 is 5.72. The van der Waals surface area contributed by atoms with E-state index in [1.165, 1.54) is 0 Å². The lowest BCUT2D eigenvalue weighted by Gasteiger charge is -2.35. The molecule has 0 bridgehead atoms. The first-order valence-corrected chi connectivity index (χ1v) is 5.25. The van der Waals surface area contributed by atoms with E-state index >= 15 is 0 Å². The SMILES string of the molecule is CCOC(C)(C)C(CC(C)C)NC. The van der Waals surface area contributed by atoms with Crippen molar-refractivity contribution in [3.8, 4) is 0 Å². The molecule has 0 aliphatic heterocycles. The normalized spacial score (nSPS) is 15.0. The van der Waals surface area contributed by atoms with Gasteiger partial charge in [0.2, 0.25) is 0 Å². The van der Waals surface area contributed by atoms with Gasteiger partial charge >= 0.3 is 0 Å². The second kappa shape index (κ2) is 5.61. The van der Waals surface area contributed by atoms with Crippen LogP contribution in [-0.4, -0.2) is 25.3 Å². The van der Waals surface area contributed by atoms with Crippen LogP contribution in [0.25, 0.3) is 0 Å². The maximum atomic E-state index is 5.72. The third-order valence-corrected chi connectivity index (χ3v) is 2.41. The Morgan fingerprint density at radius 1 is 1.31 bits per heavy atom. The Morgan fingerprint density at radius 2 is 1.85 bits per heavy atom. The van der Waals surface area contributed by atoms with Crippen molar-refractivity contribution in [1.82, 2.24) is 5.32 Å². The zero-order valence-corrected chi connectivity index (χ0v) is 9.98. The van der Waals surface area contributed by atoms with E-state index in [9.17, 15) is 0 Å². The van der Waals surface area contributed by atoms with Crippen LogP contribution in [0.5, 0.6) is 0 Å². The van der Waals surface area contributed by atoms with Crippen molar-refractivity contribution in [3.63, 3.8) is 0 Å². The molecule has 0 amide bonds. The van der Waals surface area contributed by atoms with Gasteiger partial charge in [0.05, 0.1) is 5.60 Å². The quantitative estimate of drug-likeness (QED) is 0.689. The molecule has 0 radical (unpaired) electrons. The third kappa shape index (κ3) is 4.63. The molecule has 1 N–H and O–H groups in total. The molecular formula is C11H25NO. The van der Waals surface area contributed by atoms with Crippen LogP contribution in [0.1, 0.15) is 41.0 Å². The second-order valence-corrected chi connectivity index (χ2v) is 4.51. The maximum absolute atomic E-state index is 5.72. The summed E-state index contributed by atoms with van der Waals surface area (Å²) in [4.78, 5) is 0. The van der Waals surface area contributed by atoms with Crippen molar-refractivity contribution in [2.24, 2.45) is 5.92 Å². The molecule has 0 rings (SSSR count). The Bertz CT molecular complexity index is 132. The first-order valence-electron chi connectivity index (χ1n) is 5.25. The van der Waals surface area contributed by atoms with Crippen molar-refractivity contribution >= 4 is 0 Å². The first-order chi connectivity index (χ1) is 5.94. The van der Waals surface area contributed by atoms with E-state index in [1.54, 1.807) is 0 Å². The monoisotopic (exact) mass is 187 g/mol. The molecular weight excluding hydrogens is 162 g/mol. The van der Waals surface area contributed by atoms with Crippen LogP contribution < -0.4 is 5.32 Å². The molecule has 13 heavy (non-hydrogen) atoms. The zero-order valence-electron chi connectivity index (χ0n) is 9.98. The molecule has 0 aliphatic carbocycles. The molecule has 0 aliphatic rings. The van der Waals surface area contributed by atoms with E-state index in [2.05, 4.69) is 33.0 Å². The lowest BCUT2D eigenvalue weighted by atomic mass is 9.91. The average Bonchev–Trinajstić information content (AvgIpc) is 1.99. The summed E-state index contributed by atoms with van der Waals surface area (Å²) in [7, 11) is 2.01. The summed E-state index contributed by atoms with van der Waals surface area (Å²) in [5.41, 5.74) is -0.0617. The fourth-order valence-electron chi connectivity index (χ4n) is 1.69. The highest BCUT2D eigenvalue weighted by Gasteiger charge is 2.28. The molecule has 0 saturated carbocycles. The number of likely N-dealkylation sites (N-methyl/N-ethyl adjacent to an activating group) is 1. The van der Waals surface area contributed by atoms with Crippen LogP contribution in [0, 0.1) is 5.92 Å². The van der Waals surface area contributed by atoms with Crippen molar-refractivity contribution in [2.45, 2.75) is 52.7 Å². The summed E-state index contributed by atoms with van der Waals surface area (Å²) in [6.07, 6.45) is 1.16. The van der Waals surface area contributed by atoms with Gasteiger partial charge in [-0.2, -0.15) is 0 Å². The molecule has 0 aromatic carbocycles. The van der Waals surface area contributed by atoms with E-state index in [-0.39, 0.29) is 5.60 Å². The van der Waals surface area contributed by atoms with Gasteiger partial charge in [0, 0.05) is 12.6 Å². The fourth-order valence-corrected chi connectivity index (χ4v) is 1.69. The molecule has 0 spiro atoms. The topological polar surface area (TPSA) is 21.3 Å². The van der Waals surface area contributed by atoms with Crippen LogP contribution in [0.15, 0.2) is 0 Å². The number of rotatable bonds is 6. The highest BCUT2D eigenvalue weighted by atomic mass is 16.5. The van der Waals surface area contributed by atoms with Crippen LogP contribution >= 0.6 is 0 Å². The number of hydrogen-bond donors (Lipinski definition) is 1. The Balaban J connectivity index is 4.19.